The van der Waals surface area contributed by atoms with Crippen LogP contribution in [0.25, 0.3) is 11.1 Å². The predicted molar refractivity (Wildman–Crippen MR) is 153 cm³/mol. The van der Waals surface area contributed by atoms with Gasteiger partial charge in [-0.05, 0) is 52.8 Å². The molecular formula is C28H29ClN4O7S. The number of rotatable bonds is 11. The van der Waals surface area contributed by atoms with Crippen molar-refractivity contribution < 1.29 is 32.1 Å². The third-order valence-corrected chi connectivity index (χ3v) is 7.90. The van der Waals surface area contributed by atoms with Gasteiger partial charge >= 0.3 is 12.1 Å². The predicted octanol–water partition coefficient (Wildman–Crippen LogP) is 3.97. The Morgan fingerprint density at radius 3 is 2.22 bits per heavy atom. The molecule has 0 saturated carbocycles. The second kappa shape index (κ2) is 13.0. The molecule has 11 nitrogen and oxygen atoms in total. The number of fused-ring (bicyclic) bond motifs is 3. The van der Waals surface area contributed by atoms with Gasteiger partial charge in [-0.15, -0.1) is 11.6 Å². The standard InChI is InChI=1S/C28H29ClN4O7S/c29-15-17-11-12-18(14-25(17)41(37,38)39)32-26(34)24(10-5-13-31-27(30)35)33-28(36)40-16-23-21-8-3-1-6-19(21)20-7-2-4-9-22(20)23/h1-4,6-9,11-12,14,23-24H,5,10,13,15-16H2,(H,32,34)(H,33,36)(H3,30,31,35)(H,37,38,39). The number of carbonyl (C=O) groups is 3. The first-order valence-corrected chi connectivity index (χ1v) is 14.7. The minimum absolute atomic E-state index is 0.0367. The zero-order valence-electron chi connectivity index (χ0n) is 21.8. The molecule has 4 amide bonds. The smallest absolute Gasteiger partial charge is 0.407 e. The molecule has 3 aromatic rings. The summed E-state index contributed by atoms with van der Waals surface area (Å²) in [4.78, 5) is 36.6. The van der Waals surface area contributed by atoms with E-state index in [1.165, 1.54) is 12.1 Å². The number of halogens is 1. The van der Waals surface area contributed by atoms with Gasteiger partial charge in [0.05, 0.1) is 0 Å². The molecule has 0 aromatic heterocycles. The largest absolute Gasteiger partial charge is 0.449 e. The number of urea groups is 1. The summed E-state index contributed by atoms with van der Waals surface area (Å²) in [5.74, 6) is -1.03. The van der Waals surface area contributed by atoms with Crippen LogP contribution in [0, 0.1) is 0 Å². The molecule has 1 unspecified atom stereocenters. The van der Waals surface area contributed by atoms with Gasteiger partial charge in [-0.1, -0.05) is 54.6 Å². The minimum Gasteiger partial charge on any atom is -0.449 e. The van der Waals surface area contributed by atoms with Crippen LogP contribution in [0.3, 0.4) is 0 Å². The van der Waals surface area contributed by atoms with Crippen molar-refractivity contribution in [2.45, 2.75) is 35.6 Å². The number of amides is 4. The van der Waals surface area contributed by atoms with Crippen molar-refractivity contribution in [3.05, 3.63) is 83.4 Å². The maximum absolute atomic E-state index is 13.1. The number of alkyl halides is 1. The molecule has 0 fully saturated rings. The van der Waals surface area contributed by atoms with Gasteiger partial charge in [0.2, 0.25) is 5.91 Å². The van der Waals surface area contributed by atoms with E-state index in [0.29, 0.717) is 0 Å². The molecule has 216 valence electrons. The van der Waals surface area contributed by atoms with Crippen molar-refractivity contribution in [2.24, 2.45) is 5.73 Å². The summed E-state index contributed by atoms with van der Waals surface area (Å²) in [6.45, 7) is 0.192. The molecule has 1 aliphatic rings. The van der Waals surface area contributed by atoms with Crippen LogP contribution in [-0.4, -0.2) is 50.2 Å². The lowest BCUT2D eigenvalue weighted by molar-refractivity contribution is -0.118. The summed E-state index contributed by atoms with van der Waals surface area (Å²) in [5.41, 5.74) is 9.51. The van der Waals surface area contributed by atoms with Gasteiger partial charge < -0.3 is 26.4 Å². The molecule has 3 aromatic carbocycles. The fourth-order valence-corrected chi connectivity index (χ4v) is 5.84. The molecule has 0 aliphatic heterocycles. The number of ether oxygens (including phenoxy) is 1. The minimum atomic E-state index is -4.60. The zero-order valence-corrected chi connectivity index (χ0v) is 23.4. The third kappa shape index (κ3) is 7.34. The molecule has 0 spiro atoms. The molecule has 0 heterocycles. The van der Waals surface area contributed by atoms with Crippen LogP contribution in [0.2, 0.25) is 0 Å². The summed E-state index contributed by atoms with van der Waals surface area (Å²) in [6.07, 6.45) is -0.445. The van der Waals surface area contributed by atoms with Gasteiger partial charge in [-0.3, -0.25) is 9.35 Å². The van der Waals surface area contributed by atoms with Crippen LogP contribution in [0.1, 0.15) is 35.4 Å². The number of benzene rings is 3. The first-order valence-electron chi connectivity index (χ1n) is 12.7. The normalized spacial score (nSPS) is 13.0. The molecular weight excluding hydrogens is 572 g/mol. The Bertz CT molecular complexity index is 1520. The van der Waals surface area contributed by atoms with Crippen molar-refractivity contribution in [1.82, 2.24) is 10.6 Å². The van der Waals surface area contributed by atoms with E-state index in [1.807, 2.05) is 48.5 Å². The number of hydrogen-bond acceptors (Lipinski definition) is 6. The molecule has 0 bridgehead atoms. The van der Waals surface area contributed by atoms with Crippen LogP contribution in [0.15, 0.2) is 71.6 Å². The maximum Gasteiger partial charge on any atom is 0.407 e. The van der Waals surface area contributed by atoms with Gasteiger partial charge in [0.25, 0.3) is 10.1 Å². The summed E-state index contributed by atoms with van der Waals surface area (Å²) in [6, 6.07) is 17.8. The number of hydrogen-bond donors (Lipinski definition) is 5. The van der Waals surface area contributed by atoms with Gasteiger partial charge in [0.1, 0.15) is 17.5 Å². The third-order valence-electron chi connectivity index (χ3n) is 6.68. The van der Waals surface area contributed by atoms with Gasteiger partial charge in [-0.25, -0.2) is 9.59 Å². The van der Waals surface area contributed by atoms with Crippen LogP contribution < -0.4 is 21.7 Å². The highest BCUT2D eigenvalue weighted by Crippen LogP contribution is 2.44. The Kier molecular flexibility index (Phi) is 9.48. The number of anilines is 1. The Morgan fingerprint density at radius 2 is 1.63 bits per heavy atom. The SMILES string of the molecule is NC(=O)NCCCC(NC(=O)OCC1c2ccccc2-c2ccccc21)C(=O)Nc1ccc(CCl)c(S(=O)(=O)O)c1. The second-order valence-corrected chi connectivity index (χ2v) is 11.0. The number of primary amides is 1. The molecule has 4 rings (SSSR count). The van der Waals surface area contributed by atoms with Crippen LogP contribution in [0.5, 0.6) is 0 Å². The van der Waals surface area contributed by atoms with Crippen LogP contribution in [-0.2, 0) is 25.5 Å². The fourth-order valence-electron chi connectivity index (χ4n) is 4.78. The molecule has 6 N–H and O–H groups in total. The fraction of sp³-hybridized carbons (Fsp3) is 0.250. The number of nitrogens with one attached hydrogen (secondary N) is 3. The van der Waals surface area contributed by atoms with Crippen molar-refractivity contribution in [3.63, 3.8) is 0 Å². The van der Waals surface area contributed by atoms with E-state index < -0.39 is 39.1 Å². The second-order valence-electron chi connectivity index (χ2n) is 9.38. The van der Waals surface area contributed by atoms with Crippen molar-refractivity contribution in [3.8, 4) is 11.1 Å². The van der Waals surface area contributed by atoms with Crippen LogP contribution in [0.4, 0.5) is 15.3 Å². The van der Waals surface area contributed by atoms with Crippen molar-refractivity contribution >= 4 is 45.4 Å². The van der Waals surface area contributed by atoms with Crippen LogP contribution >= 0.6 is 11.6 Å². The van der Waals surface area contributed by atoms with E-state index in [9.17, 15) is 27.4 Å². The maximum atomic E-state index is 13.1. The molecule has 0 radical (unpaired) electrons. The Balaban J connectivity index is 1.46. The lowest BCUT2D eigenvalue weighted by Crippen LogP contribution is -2.44. The quantitative estimate of drug-likeness (QED) is 0.126. The first-order chi connectivity index (χ1) is 19.6. The molecule has 1 aliphatic carbocycles. The highest BCUT2D eigenvalue weighted by Gasteiger charge is 2.30. The molecule has 1 atom stereocenters. The van der Waals surface area contributed by atoms with E-state index in [4.69, 9.17) is 22.1 Å². The summed E-state index contributed by atoms with van der Waals surface area (Å²) < 4.78 is 38.6. The summed E-state index contributed by atoms with van der Waals surface area (Å²) in [5, 5.41) is 7.52. The topological polar surface area (TPSA) is 177 Å². The molecule has 41 heavy (non-hydrogen) atoms. The average molecular weight is 601 g/mol. The van der Waals surface area contributed by atoms with Gasteiger partial charge in [-0.2, -0.15) is 8.42 Å². The number of alkyl carbamates (subject to hydrolysis) is 1. The molecule has 13 heteroatoms. The number of carbonyl (C=O) groups excluding carboxylic acids is 3. The Labute approximate surface area is 242 Å². The lowest BCUT2D eigenvalue weighted by Gasteiger charge is -2.20. The lowest BCUT2D eigenvalue weighted by atomic mass is 9.98. The van der Waals surface area contributed by atoms with Gasteiger partial charge in [0.15, 0.2) is 0 Å². The van der Waals surface area contributed by atoms with E-state index in [-0.39, 0.29) is 49.0 Å². The highest BCUT2D eigenvalue weighted by molar-refractivity contribution is 7.85. The first kappa shape index (κ1) is 29.8. The number of nitrogens with two attached hydrogens (primary N) is 1. The average Bonchev–Trinajstić information content (AvgIpc) is 3.26. The van der Waals surface area contributed by atoms with E-state index in [1.54, 1.807) is 0 Å². The van der Waals surface area contributed by atoms with E-state index >= 15 is 0 Å². The van der Waals surface area contributed by atoms with E-state index in [0.717, 1.165) is 28.3 Å². The summed E-state index contributed by atoms with van der Waals surface area (Å²) >= 11 is 5.77. The zero-order chi connectivity index (χ0) is 29.6. The highest BCUT2D eigenvalue weighted by atomic mass is 35.5. The summed E-state index contributed by atoms with van der Waals surface area (Å²) in [7, 11) is -4.60. The Hall–Kier alpha value is -4.13. The van der Waals surface area contributed by atoms with Gasteiger partial charge in [0, 0.05) is 24.0 Å². The van der Waals surface area contributed by atoms with Crippen molar-refractivity contribution in [1.29, 1.82) is 0 Å². The Morgan fingerprint density at radius 1 is 1.00 bits per heavy atom. The van der Waals surface area contributed by atoms with Crippen molar-refractivity contribution in [2.75, 3.05) is 18.5 Å². The monoisotopic (exact) mass is 600 g/mol. The molecule has 0 saturated heterocycles. The van der Waals surface area contributed by atoms with E-state index in [2.05, 4.69) is 16.0 Å².